The molecule has 0 spiro atoms. The molecular weight excluding hydrogens is 112 g/mol. The van der Waals surface area contributed by atoms with Gasteiger partial charge in [-0.3, -0.25) is 0 Å². The monoisotopic (exact) mass is 126 g/mol. The van der Waals surface area contributed by atoms with E-state index in [0.29, 0.717) is 0 Å². The first kappa shape index (κ1) is 6.78. The Morgan fingerprint density at radius 3 is 3.00 bits per heavy atom. The summed E-state index contributed by atoms with van der Waals surface area (Å²) in [5.41, 5.74) is 6.82. The second-order valence-electron chi connectivity index (χ2n) is 2.55. The van der Waals surface area contributed by atoms with Crippen molar-refractivity contribution in [3.8, 4) is 0 Å². The molecular formula is C7H14N2. The molecule has 1 aliphatic rings. The van der Waals surface area contributed by atoms with Gasteiger partial charge in [0.25, 0.3) is 0 Å². The molecule has 1 unspecified atom stereocenters. The molecule has 0 aromatic rings. The fourth-order valence-corrected chi connectivity index (χ4v) is 1.18. The van der Waals surface area contributed by atoms with Gasteiger partial charge in [-0.2, -0.15) is 0 Å². The third kappa shape index (κ3) is 1.53. The lowest BCUT2D eigenvalue weighted by Crippen LogP contribution is -2.25. The van der Waals surface area contributed by atoms with Crippen molar-refractivity contribution in [1.29, 1.82) is 0 Å². The summed E-state index contributed by atoms with van der Waals surface area (Å²) in [6.07, 6.45) is 3.47. The van der Waals surface area contributed by atoms with Gasteiger partial charge in [-0.05, 0) is 19.4 Å². The Hall–Kier alpha value is -0.340. The normalized spacial score (nSPS) is 25.1. The van der Waals surface area contributed by atoms with Gasteiger partial charge in [0.2, 0.25) is 0 Å². The van der Waals surface area contributed by atoms with Crippen LogP contribution in [0.3, 0.4) is 0 Å². The van der Waals surface area contributed by atoms with Crippen molar-refractivity contribution in [2.24, 2.45) is 11.7 Å². The van der Waals surface area contributed by atoms with Gasteiger partial charge in [0, 0.05) is 13.1 Å². The zero-order chi connectivity index (χ0) is 6.69. The highest BCUT2D eigenvalue weighted by atomic mass is 14.8. The van der Waals surface area contributed by atoms with Crippen molar-refractivity contribution in [1.82, 2.24) is 5.32 Å². The van der Waals surface area contributed by atoms with E-state index in [1.807, 2.05) is 7.05 Å². The second kappa shape index (κ2) is 2.99. The van der Waals surface area contributed by atoms with Crippen LogP contribution in [0.2, 0.25) is 0 Å². The van der Waals surface area contributed by atoms with E-state index in [2.05, 4.69) is 11.4 Å². The highest BCUT2D eigenvalue weighted by Crippen LogP contribution is 2.23. The van der Waals surface area contributed by atoms with Gasteiger partial charge in [0.05, 0.1) is 0 Å². The number of rotatable bonds is 3. The summed E-state index contributed by atoms with van der Waals surface area (Å²) < 4.78 is 0. The van der Waals surface area contributed by atoms with Crippen LogP contribution in [-0.2, 0) is 0 Å². The van der Waals surface area contributed by atoms with E-state index in [1.54, 1.807) is 0 Å². The van der Waals surface area contributed by atoms with Crippen LogP contribution in [0.4, 0.5) is 0 Å². The maximum atomic E-state index is 5.40. The largest absolute Gasteiger partial charge is 0.327 e. The molecule has 0 amide bonds. The maximum Gasteiger partial charge on any atom is 0.0137 e. The quantitative estimate of drug-likeness (QED) is 0.527. The molecule has 0 heterocycles. The predicted molar refractivity (Wildman–Crippen MR) is 39.2 cm³/mol. The highest BCUT2D eigenvalue weighted by Gasteiger charge is 2.15. The van der Waals surface area contributed by atoms with Crippen LogP contribution in [0.1, 0.15) is 6.42 Å². The van der Waals surface area contributed by atoms with Gasteiger partial charge >= 0.3 is 0 Å². The molecule has 0 fully saturated rings. The van der Waals surface area contributed by atoms with Crippen LogP contribution in [0.15, 0.2) is 11.6 Å². The topological polar surface area (TPSA) is 38.0 Å². The Kier molecular flexibility index (Phi) is 2.25. The van der Waals surface area contributed by atoms with E-state index in [0.717, 1.165) is 19.0 Å². The van der Waals surface area contributed by atoms with Gasteiger partial charge in [-0.25, -0.2) is 0 Å². The van der Waals surface area contributed by atoms with Gasteiger partial charge in [-0.1, -0.05) is 11.6 Å². The Morgan fingerprint density at radius 1 is 1.89 bits per heavy atom. The summed E-state index contributed by atoms with van der Waals surface area (Å²) in [6, 6.07) is 0. The van der Waals surface area contributed by atoms with E-state index in [4.69, 9.17) is 5.73 Å². The lowest BCUT2D eigenvalue weighted by atomic mass is 9.86. The molecule has 2 nitrogen and oxygen atoms in total. The lowest BCUT2D eigenvalue weighted by molar-refractivity contribution is 0.536. The average Bonchev–Trinajstić information content (AvgIpc) is 1.77. The summed E-state index contributed by atoms with van der Waals surface area (Å²) in [5.74, 6) is 0.758. The Labute approximate surface area is 56.1 Å². The number of hydrogen-bond donors (Lipinski definition) is 2. The van der Waals surface area contributed by atoms with Crippen molar-refractivity contribution in [3.63, 3.8) is 0 Å². The van der Waals surface area contributed by atoms with Crippen LogP contribution in [0, 0.1) is 5.92 Å². The summed E-state index contributed by atoms with van der Waals surface area (Å²) in [6.45, 7) is 1.85. The highest BCUT2D eigenvalue weighted by molar-refractivity contribution is 5.18. The number of nitrogens with one attached hydrogen (secondary N) is 1. The minimum atomic E-state index is 0.750. The van der Waals surface area contributed by atoms with Gasteiger partial charge in [0.15, 0.2) is 0 Å². The maximum absolute atomic E-state index is 5.40. The van der Waals surface area contributed by atoms with Crippen molar-refractivity contribution in [3.05, 3.63) is 11.6 Å². The molecule has 1 aliphatic carbocycles. The fourth-order valence-electron chi connectivity index (χ4n) is 1.18. The predicted octanol–water partition coefficient (Wildman–Crippen LogP) is 0.111. The van der Waals surface area contributed by atoms with Crippen LogP contribution >= 0.6 is 0 Å². The molecule has 2 heteroatoms. The first-order valence-corrected chi connectivity index (χ1v) is 3.41. The van der Waals surface area contributed by atoms with Crippen molar-refractivity contribution < 1.29 is 0 Å². The van der Waals surface area contributed by atoms with Gasteiger partial charge in [0.1, 0.15) is 0 Å². The van der Waals surface area contributed by atoms with Crippen molar-refractivity contribution in [2.75, 3.05) is 20.1 Å². The molecule has 0 radical (unpaired) electrons. The van der Waals surface area contributed by atoms with Gasteiger partial charge < -0.3 is 11.1 Å². The van der Waals surface area contributed by atoms with E-state index < -0.39 is 0 Å². The third-order valence-electron chi connectivity index (χ3n) is 1.72. The number of nitrogens with two attached hydrogens (primary N) is 1. The minimum absolute atomic E-state index is 0.750. The SMILES string of the molecule is CNCC1C=C(CN)C1. The van der Waals surface area contributed by atoms with Crippen LogP contribution < -0.4 is 11.1 Å². The molecule has 0 aromatic heterocycles. The van der Waals surface area contributed by atoms with E-state index in [-0.39, 0.29) is 0 Å². The van der Waals surface area contributed by atoms with Crippen LogP contribution in [-0.4, -0.2) is 20.1 Å². The molecule has 0 saturated heterocycles. The van der Waals surface area contributed by atoms with E-state index in [9.17, 15) is 0 Å². The van der Waals surface area contributed by atoms with Crippen molar-refractivity contribution in [2.45, 2.75) is 6.42 Å². The molecule has 1 rings (SSSR count). The first-order valence-electron chi connectivity index (χ1n) is 3.41. The number of hydrogen-bond acceptors (Lipinski definition) is 2. The molecule has 0 aromatic carbocycles. The molecule has 0 saturated carbocycles. The minimum Gasteiger partial charge on any atom is -0.327 e. The Bertz CT molecular complexity index is 118. The second-order valence-corrected chi connectivity index (χ2v) is 2.55. The van der Waals surface area contributed by atoms with E-state index >= 15 is 0 Å². The molecule has 9 heavy (non-hydrogen) atoms. The standard InChI is InChI=1S/C7H14N2/c1-9-5-7-2-6(3-7)4-8/h2,7,9H,3-5,8H2,1H3. The summed E-state index contributed by atoms with van der Waals surface area (Å²) in [4.78, 5) is 0. The summed E-state index contributed by atoms with van der Waals surface area (Å²) in [7, 11) is 1.98. The fraction of sp³-hybridized carbons (Fsp3) is 0.714. The van der Waals surface area contributed by atoms with E-state index in [1.165, 1.54) is 12.0 Å². The van der Waals surface area contributed by atoms with Crippen LogP contribution in [0.5, 0.6) is 0 Å². The molecule has 1 atom stereocenters. The summed E-state index contributed by atoms with van der Waals surface area (Å²) in [5, 5.41) is 3.13. The Morgan fingerprint density at radius 2 is 2.56 bits per heavy atom. The summed E-state index contributed by atoms with van der Waals surface area (Å²) >= 11 is 0. The third-order valence-corrected chi connectivity index (χ3v) is 1.72. The Balaban J connectivity index is 2.17. The zero-order valence-corrected chi connectivity index (χ0v) is 5.85. The first-order chi connectivity index (χ1) is 4.36. The zero-order valence-electron chi connectivity index (χ0n) is 5.85. The average molecular weight is 126 g/mol. The van der Waals surface area contributed by atoms with Crippen LogP contribution in [0.25, 0.3) is 0 Å². The van der Waals surface area contributed by atoms with Crippen molar-refractivity contribution >= 4 is 0 Å². The molecule has 3 N–H and O–H groups in total. The smallest absolute Gasteiger partial charge is 0.0137 e. The molecule has 52 valence electrons. The lowest BCUT2D eigenvalue weighted by Gasteiger charge is -2.23. The molecule has 0 bridgehead atoms. The van der Waals surface area contributed by atoms with Gasteiger partial charge in [-0.15, -0.1) is 0 Å². The molecule has 0 aliphatic heterocycles.